The van der Waals surface area contributed by atoms with Gasteiger partial charge in [0.1, 0.15) is 5.52 Å². The number of hydrogen-bond acceptors (Lipinski definition) is 3. The summed E-state index contributed by atoms with van der Waals surface area (Å²) >= 11 is 3.66. The summed E-state index contributed by atoms with van der Waals surface area (Å²) in [6, 6.07) is 15.1. The van der Waals surface area contributed by atoms with Gasteiger partial charge in [0.2, 0.25) is 0 Å². The quantitative estimate of drug-likeness (QED) is 0.789. The van der Waals surface area contributed by atoms with Gasteiger partial charge in [0.25, 0.3) is 0 Å². The Balaban J connectivity index is 1.67. The molecular weight excluding hydrogens is 328 g/mol. The third kappa shape index (κ3) is 2.59. The molecule has 1 fully saturated rings. The van der Waals surface area contributed by atoms with E-state index in [1.807, 2.05) is 28.9 Å². The Labute approximate surface area is 131 Å². The van der Waals surface area contributed by atoms with Crippen LogP contribution in [0.3, 0.4) is 0 Å². The fourth-order valence-corrected chi connectivity index (χ4v) is 3.02. The molecule has 0 bridgehead atoms. The molecule has 0 unspecified atom stereocenters. The van der Waals surface area contributed by atoms with Crippen LogP contribution in [-0.4, -0.2) is 21.0 Å². The first-order chi connectivity index (χ1) is 10.3. The second-order valence-electron chi connectivity index (χ2n) is 5.43. The second kappa shape index (κ2) is 5.24. The number of nitrogens with zero attached hydrogens (tertiary/aromatic N) is 3. The fourth-order valence-electron chi connectivity index (χ4n) is 2.43. The number of hydrogen-bond donors (Lipinski definition) is 1. The minimum Gasteiger partial charge on any atom is -0.310 e. The number of halogens is 1. The summed E-state index contributed by atoms with van der Waals surface area (Å²) in [7, 11) is 0. The standard InChI is InChI=1S/C16H15BrN4/c17-13-9-11(10-18-12-6-7-12)5-8-15(13)21-16-4-2-1-3-14(16)19-20-21/h1-5,8-9,12,18H,6-7,10H2. The summed E-state index contributed by atoms with van der Waals surface area (Å²) in [4.78, 5) is 0. The van der Waals surface area contributed by atoms with E-state index in [0.29, 0.717) is 0 Å². The van der Waals surface area contributed by atoms with E-state index in [-0.39, 0.29) is 0 Å². The minimum absolute atomic E-state index is 0.725. The number of nitrogens with one attached hydrogen (secondary N) is 1. The van der Waals surface area contributed by atoms with E-state index in [1.54, 1.807) is 0 Å². The zero-order valence-corrected chi connectivity index (χ0v) is 13.0. The van der Waals surface area contributed by atoms with E-state index in [2.05, 4.69) is 49.8 Å². The smallest absolute Gasteiger partial charge is 0.113 e. The third-order valence-corrected chi connectivity index (χ3v) is 4.40. The van der Waals surface area contributed by atoms with Crippen LogP contribution in [-0.2, 0) is 6.54 Å². The molecule has 21 heavy (non-hydrogen) atoms. The van der Waals surface area contributed by atoms with Crippen molar-refractivity contribution in [3.8, 4) is 5.69 Å². The van der Waals surface area contributed by atoms with Crippen LogP contribution in [0.25, 0.3) is 16.7 Å². The van der Waals surface area contributed by atoms with Crippen molar-refractivity contribution in [2.24, 2.45) is 0 Å². The zero-order chi connectivity index (χ0) is 14.2. The van der Waals surface area contributed by atoms with Crippen molar-refractivity contribution in [3.63, 3.8) is 0 Å². The van der Waals surface area contributed by atoms with Crippen LogP contribution < -0.4 is 5.32 Å². The molecule has 1 heterocycles. The number of fused-ring (bicyclic) bond motifs is 1. The number of para-hydroxylation sites is 1. The molecule has 1 saturated carbocycles. The van der Waals surface area contributed by atoms with Crippen LogP contribution in [0.1, 0.15) is 18.4 Å². The molecule has 0 amide bonds. The average molecular weight is 343 g/mol. The van der Waals surface area contributed by atoms with E-state index in [1.165, 1.54) is 18.4 Å². The van der Waals surface area contributed by atoms with Crippen LogP contribution in [0.15, 0.2) is 46.9 Å². The number of benzene rings is 2. The summed E-state index contributed by atoms with van der Waals surface area (Å²) < 4.78 is 2.91. The van der Waals surface area contributed by atoms with E-state index in [9.17, 15) is 0 Å². The summed E-state index contributed by atoms with van der Waals surface area (Å²) in [5.74, 6) is 0. The highest BCUT2D eigenvalue weighted by Gasteiger charge is 2.20. The highest BCUT2D eigenvalue weighted by Crippen LogP contribution is 2.25. The lowest BCUT2D eigenvalue weighted by Gasteiger charge is -2.08. The normalized spacial score (nSPS) is 14.7. The largest absolute Gasteiger partial charge is 0.310 e. The molecule has 2 aromatic carbocycles. The summed E-state index contributed by atoms with van der Waals surface area (Å²) in [6.07, 6.45) is 2.62. The van der Waals surface area contributed by atoms with Gasteiger partial charge in [0, 0.05) is 17.1 Å². The third-order valence-electron chi connectivity index (χ3n) is 3.76. The molecule has 5 heteroatoms. The first-order valence-electron chi connectivity index (χ1n) is 7.14. The molecule has 0 saturated heterocycles. The Morgan fingerprint density at radius 1 is 1.19 bits per heavy atom. The van der Waals surface area contributed by atoms with Crippen molar-refractivity contribution in [1.29, 1.82) is 0 Å². The van der Waals surface area contributed by atoms with Crippen molar-refractivity contribution < 1.29 is 0 Å². The van der Waals surface area contributed by atoms with Gasteiger partial charge in [0.15, 0.2) is 0 Å². The zero-order valence-electron chi connectivity index (χ0n) is 11.5. The van der Waals surface area contributed by atoms with Crippen molar-refractivity contribution >= 4 is 27.0 Å². The Morgan fingerprint density at radius 3 is 2.86 bits per heavy atom. The van der Waals surface area contributed by atoms with E-state index in [0.717, 1.165) is 33.8 Å². The van der Waals surface area contributed by atoms with Crippen LogP contribution in [0.5, 0.6) is 0 Å². The molecule has 0 radical (unpaired) electrons. The van der Waals surface area contributed by atoms with Gasteiger partial charge in [-0.25, -0.2) is 4.68 Å². The number of rotatable bonds is 4. The highest BCUT2D eigenvalue weighted by molar-refractivity contribution is 9.10. The molecule has 1 aromatic heterocycles. The predicted octanol–water partition coefficient (Wildman–Crippen LogP) is 3.44. The maximum absolute atomic E-state index is 4.26. The van der Waals surface area contributed by atoms with E-state index < -0.39 is 0 Å². The van der Waals surface area contributed by atoms with Gasteiger partial charge in [-0.05, 0) is 58.6 Å². The molecular formula is C16H15BrN4. The molecule has 0 aliphatic heterocycles. The fraction of sp³-hybridized carbons (Fsp3) is 0.250. The van der Waals surface area contributed by atoms with E-state index in [4.69, 9.17) is 0 Å². The Bertz CT molecular complexity index is 792. The van der Waals surface area contributed by atoms with Gasteiger partial charge in [-0.3, -0.25) is 0 Å². The van der Waals surface area contributed by atoms with Gasteiger partial charge in [0.05, 0.1) is 11.2 Å². The van der Waals surface area contributed by atoms with Gasteiger partial charge in [-0.2, -0.15) is 0 Å². The van der Waals surface area contributed by atoms with E-state index >= 15 is 0 Å². The Kier molecular flexibility index (Phi) is 3.24. The summed E-state index contributed by atoms with van der Waals surface area (Å²) in [6.45, 7) is 0.918. The van der Waals surface area contributed by atoms with Crippen molar-refractivity contribution in [2.75, 3.05) is 0 Å². The molecule has 3 aromatic rings. The molecule has 4 rings (SSSR count). The highest BCUT2D eigenvalue weighted by atomic mass is 79.9. The average Bonchev–Trinajstić information content (AvgIpc) is 3.24. The Hall–Kier alpha value is -1.72. The van der Waals surface area contributed by atoms with Crippen LogP contribution >= 0.6 is 15.9 Å². The molecule has 1 N–H and O–H groups in total. The minimum atomic E-state index is 0.725. The maximum atomic E-state index is 4.26. The molecule has 106 valence electrons. The molecule has 4 nitrogen and oxygen atoms in total. The predicted molar refractivity (Wildman–Crippen MR) is 86.4 cm³/mol. The summed E-state index contributed by atoms with van der Waals surface area (Å²) in [5.41, 5.74) is 4.21. The van der Waals surface area contributed by atoms with Crippen LogP contribution in [0.4, 0.5) is 0 Å². The van der Waals surface area contributed by atoms with Crippen molar-refractivity contribution in [2.45, 2.75) is 25.4 Å². The van der Waals surface area contributed by atoms with Gasteiger partial charge in [-0.15, -0.1) is 5.10 Å². The summed E-state index contributed by atoms with van der Waals surface area (Å²) in [5, 5.41) is 12.0. The Morgan fingerprint density at radius 2 is 2.05 bits per heavy atom. The molecule has 0 spiro atoms. The molecule has 0 atom stereocenters. The lowest BCUT2D eigenvalue weighted by atomic mass is 10.2. The van der Waals surface area contributed by atoms with Gasteiger partial charge >= 0.3 is 0 Å². The van der Waals surface area contributed by atoms with Gasteiger partial charge < -0.3 is 5.32 Å². The lowest BCUT2D eigenvalue weighted by molar-refractivity contribution is 0.687. The first kappa shape index (κ1) is 13.0. The lowest BCUT2D eigenvalue weighted by Crippen LogP contribution is -2.15. The monoisotopic (exact) mass is 342 g/mol. The molecule has 1 aliphatic carbocycles. The maximum Gasteiger partial charge on any atom is 0.113 e. The second-order valence-corrected chi connectivity index (χ2v) is 6.29. The first-order valence-corrected chi connectivity index (χ1v) is 7.93. The van der Waals surface area contributed by atoms with Crippen molar-refractivity contribution in [1.82, 2.24) is 20.3 Å². The van der Waals surface area contributed by atoms with Gasteiger partial charge in [-0.1, -0.05) is 23.4 Å². The molecule has 1 aliphatic rings. The van der Waals surface area contributed by atoms with Crippen molar-refractivity contribution in [3.05, 3.63) is 52.5 Å². The van der Waals surface area contributed by atoms with Crippen LogP contribution in [0.2, 0.25) is 0 Å². The SMILES string of the molecule is Brc1cc(CNC2CC2)ccc1-n1nnc2ccccc21. The number of aromatic nitrogens is 3. The topological polar surface area (TPSA) is 42.7 Å². The van der Waals surface area contributed by atoms with Crippen LogP contribution in [0, 0.1) is 0 Å².